The van der Waals surface area contributed by atoms with Crippen molar-refractivity contribution in [1.82, 2.24) is 4.90 Å². The van der Waals surface area contributed by atoms with E-state index in [1.54, 1.807) is 0 Å². The Bertz CT molecular complexity index is 218. The van der Waals surface area contributed by atoms with Gasteiger partial charge in [0.05, 0.1) is 6.04 Å². The van der Waals surface area contributed by atoms with E-state index in [1.807, 2.05) is 0 Å². The van der Waals surface area contributed by atoms with Crippen molar-refractivity contribution in [3.8, 4) is 0 Å². The minimum absolute atomic E-state index is 0. The molecule has 0 saturated heterocycles. The van der Waals surface area contributed by atoms with Crippen molar-refractivity contribution in [3.05, 3.63) is 12.7 Å². The predicted octanol–water partition coefficient (Wildman–Crippen LogP) is 1.33. The van der Waals surface area contributed by atoms with E-state index in [9.17, 15) is 18.0 Å². The Balaban J connectivity index is 0. The molecule has 2 N–H and O–H groups in total. The zero-order valence-electron chi connectivity index (χ0n) is 8.25. The maximum absolute atomic E-state index is 12.0. The highest BCUT2D eigenvalue weighted by atomic mass is 35.5. The fourth-order valence-electron chi connectivity index (χ4n) is 0.893. The molecule has 0 unspecified atom stereocenters. The summed E-state index contributed by atoms with van der Waals surface area (Å²) in [6, 6.07) is -0.933. The van der Waals surface area contributed by atoms with Gasteiger partial charge in [-0.2, -0.15) is 13.2 Å². The van der Waals surface area contributed by atoms with Crippen LogP contribution in [0.2, 0.25) is 0 Å². The smallest absolute Gasteiger partial charge is 0.329 e. The van der Waals surface area contributed by atoms with Gasteiger partial charge >= 0.3 is 6.18 Å². The molecule has 0 heterocycles. The normalized spacial score (nSPS) is 12.6. The van der Waals surface area contributed by atoms with Gasteiger partial charge in [0.15, 0.2) is 0 Å². The van der Waals surface area contributed by atoms with Crippen molar-refractivity contribution in [2.45, 2.75) is 19.1 Å². The fourth-order valence-corrected chi connectivity index (χ4v) is 0.893. The summed E-state index contributed by atoms with van der Waals surface area (Å²) in [7, 11) is 0. The Morgan fingerprint density at radius 1 is 1.60 bits per heavy atom. The van der Waals surface area contributed by atoms with Crippen molar-refractivity contribution < 1.29 is 18.0 Å². The zero-order valence-corrected chi connectivity index (χ0v) is 9.07. The molecule has 1 atom stereocenters. The van der Waals surface area contributed by atoms with E-state index in [0.717, 1.165) is 0 Å². The standard InChI is InChI=1S/C8H13F3N2O.ClH/c1-3-4-13(5-8(9,10)11)7(14)6(2)12;/h3,6H,1,4-5,12H2,2H3;1H/t6-;/m0./s1. The molecule has 0 saturated carbocycles. The second-order valence-corrected chi connectivity index (χ2v) is 2.91. The summed E-state index contributed by atoms with van der Waals surface area (Å²) in [5.41, 5.74) is 5.19. The van der Waals surface area contributed by atoms with Gasteiger partial charge in [-0.1, -0.05) is 6.08 Å². The number of nitrogens with two attached hydrogens (primary N) is 1. The molecule has 1 amide bonds. The summed E-state index contributed by atoms with van der Waals surface area (Å²) in [6.45, 7) is 3.17. The number of carbonyl (C=O) groups excluding carboxylic acids is 1. The first-order chi connectivity index (χ1) is 6.28. The number of alkyl halides is 3. The quantitative estimate of drug-likeness (QED) is 0.761. The first-order valence-corrected chi connectivity index (χ1v) is 4.00. The van der Waals surface area contributed by atoms with E-state index < -0.39 is 24.7 Å². The highest BCUT2D eigenvalue weighted by molar-refractivity contribution is 5.85. The lowest BCUT2D eigenvalue weighted by atomic mass is 10.3. The Morgan fingerprint density at radius 2 is 2.07 bits per heavy atom. The molecule has 7 heteroatoms. The lowest BCUT2D eigenvalue weighted by molar-refractivity contribution is -0.160. The zero-order chi connectivity index (χ0) is 11.4. The number of rotatable bonds is 4. The highest BCUT2D eigenvalue weighted by Crippen LogP contribution is 2.16. The number of carbonyl (C=O) groups is 1. The van der Waals surface area contributed by atoms with Gasteiger partial charge in [0.25, 0.3) is 0 Å². The number of hydrogen-bond acceptors (Lipinski definition) is 2. The molecule has 0 rings (SSSR count). The van der Waals surface area contributed by atoms with E-state index in [0.29, 0.717) is 4.90 Å². The molecule has 3 nitrogen and oxygen atoms in total. The fraction of sp³-hybridized carbons (Fsp3) is 0.625. The van der Waals surface area contributed by atoms with Crippen LogP contribution in [0, 0.1) is 0 Å². The van der Waals surface area contributed by atoms with Gasteiger partial charge in [-0.3, -0.25) is 4.79 Å². The summed E-state index contributed by atoms with van der Waals surface area (Å²) in [4.78, 5) is 11.8. The van der Waals surface area contributed by atoms with Gasteiger partial charge in [-0.05, 0) is 6.92 Å². The minimum atomic E-state index is -4.41. The summed E-state index contributed by atoms with van der Waals surface area (Å²) in [6.07, 6.45) is -3.18. The Morgan fingerprint density at radius 3 is 2.33 bits per heavy atom. The largest absolute Gasteiger partial charge is 0.406 e. The van der Waals surface area contributed by atoms with Crippen molar-refractivity contribution in [3.63, 3.8) is 0 Å². The third kappa shape index (κ3) is 7.21. The third-order valence-corrected chi connectivity index (χ3v) is 1.42. The SMILES string of the molecule is C=CCN(CC(F)(F)F)C(=O)[C@H](C)N.Cl. The van der Waals surface area contributed by atoms with Gasteiger partial charge in [0.2, 0.25) is 5.91 Å². The van der Waals surface area contributed by atoms with E-state index in [1.165, 1.54) is 13.0 Å². The molecular formula is C8H14ClF3N2O. The molecule has 0 aliphatic heterocycles. The number of nitrogens with zero attached hydrogens (tertiary/aromatic N) is 1. The molecule has 0 aromatic carbocycles. The molecule has 0 aliphatic carbocycles. The average Bonchev–Trinajstić information content (AvgIpc) is 1.99. The summed E-state index contributed by atoms with van der Waals surface area (Å²) >= 11 is 0. The first-order valence-electron chi connectivity index (χ1n) is 4.00. The van der Waals surface area contributed by atoms with Crippen LogP contribution in [-0.4, -0.2) is 36.1 Å². The highest BCUT2D eigenvalue weighted by Gasteiger charge is 2.33. The van der Waals surface area contributed by atoms with Crippen molar-refractivity contribution >= 4 is 18.3 Å². The summed E-state index contributed by atoms with van der Waals surface area (Å²) in [5, 5.41) is 0. The Hall–Kier alpha value is -0.750. The molecular weight excluding hydrogens is 233 g/mol. The molecule has 0 aliphatic rings. The van der Waals surface area contributed by atoms with Crippen LogP contribution in [0.1, 0.15) is 6.92 Å². The third-order valence-electron chi connectivity index (χ3n) is 1.42. The molecule has 0 aromatic rings. The molecule has 15 heavy (non-hydrogen) atoms. The van der Waals surface area contributed by atoms with Crippen LogP contribution in [0.15, 0.2) is 12.7 Å². The van der Waals surface area contributed by atoms with Crippen LogP contribution in [0.3, 0.4) is 0 Å². The molecule has 0 radical (unpaired) electrons. The van der Waals surface area contributed by atoms with Crippen LogP contribution in [-0.2, 0) is 4.79 Å². The molecule has 90 valence electrons. The maximum Gasteiger partial charge on any atom is 0.406 e. The number of halogens is 4. The predicted molar refractivity (Wildman–Crippen MR) is 53.7 cm³/mol. The average molecular weight is 247 g/mol. The Kier molecular flexibility index (Phi) is 7.43. The van der Waals surface area contributed by atoms with E-state index >= 15 is 0 Å². The van der Waals surface area contributed by atoms with Crippen LogP contribution < -0.4 is 5.73 Å². The van der Waals surface area contributed by atoms with Crippen LogP contribution in [0.4, 0.5) is 13.2 Å². The van der Waals surface area contributed by atoms with Crippen molar-refractivity contribution in [2.24, 2.45) is 5.73 Å². The van der Waals surface area contributed by atoms with E-state index in [4.69, 9.17) is 5.73 Å². The second-order valence-electron chi connectivity index (χ2n) is 2.91. The van der Waals surface area contributed by atoms with E-state index in [2.05, 4.69) is 6.58 Å². The minimum Gasteiger partial charge on any atom is -0.329 e. The van der Waals surface area contributed by atoms with Gasteiger partial charge in [-0.25, -0.2) is 0 Å². The second kappa shape index (κ2) is 6.68. The molecule has 0 bridgehead atoms. The molecule has 0 aromatic heterocycles. The van der Waals surface area contributed by atoms with Crippen LogP contribution in [0.5, 0.6) is 0 Å². The summed E-state index contributed by atoms with van der Waals surface area (Å²) in [5.74, 6) is -0.734. The monoisotopic (exact) mass is 246 g/mol. The van der Waals surface area contributed by atoms with Crippen molar-refractivity contribution in [1.29, 1.82) is 0 Å². The topological polar surface area (TPSA) is 46.3 Å². The van der Waals surface area contributed by atoms with Gasteiger partial charge in [-0.15, -0.1) is 19.0 Å². The van der Waals surface area contributed by atoms with Gasteiger partial charge in [0.1, 0.15) is 6.54 Å². The van der Waals surface area contributed by atoms with Crippen molar-refractivity contribution in [2.75, 3.05) is 13.1 Å². The molecule has 0 spiro atoms. The lowest BCUT2D eigenvalue weighted by Gasteiger charge is -2.23. The van der Waals surface area contributed by atoms with Gasteiger partial charge < -0.3 is 10.6 Å². The van der Waals surface area contributed by atoms with Crippen LogP contribution in [0.25, 0.3) is 0 Å². The Labute approximate surface area is 92.5 Å². The maximum atomic E-state index is 12.0. The van der Waals surface area contributed by atoms with E-state index in [-0.39, 0.29) is 19.0 Å². The lowest BCUT2D eigenvalue weighted by Crippen LogP contribution is -2.46. The summed E-state index contributed by atoms with van der Waals surface area (Å²) < 4.78 is 36.0. The van der Waals surface area contributed by atoms with Gasteiger partial charge in [0, 0.05) is 6.54 Å². The molecule has 0 fully saturated rings. The first kappa shape index (κ1) is 16.7. The van der Waals surface area contributed by atoms with Crippen LogP contribution >= 0.6 is 12.4 Å². The number of amides is 1. The number of hydrogen-bond donors (Lipinski definition) is 1.